The Morgan fingerprint density at radius 3 is 2.77 bits per heavy atom. The number of fused-ring (bicyclic) bond motifs is 1. The predicted molar refractivity (Wildman–Crippen MR) is 142 cm³/mol. The van der Waals surface area contributed by atoms with Crippen LogP contribution in [0.4, 0.5) is 0 Å². The van der Waals surface area contributed by atoms with Gasteiger partial charge < -0.3 is 14.2 Å². The molecule has 4 rings (SSSR count). The maximum atomic E-state index is 9.51. The van der Waals surface area contributed by atoms with E-state index in [2.05, 4.69) is 58.1 Å². The van der Waals surface area contributed by atoms with Crippen LogP contribution in [-0.2, 0) is 6.42 Å². The summed E-state index contributed by atoms with van der Waals surface area (Å²) in [6.45, 7) is 8.90. The Kier molecular flexibility index (Phi) is 9.73. The molecule has 0 amide bonds. The van der Waals surface area contributed by atoms with E-state index >= 15 is 0 Å². The van der Waals surface area contributed by atoms with Crippen LogP contribution in [0.3, 0.4) is 0 Å². The fraction of sp³-hybridized carbons (Fsp3) is 0.444. The number of ether oxygens (including phenoxy) is 1. The van der Waals surface area contributed by atoms with E-state index in [1.807, 2.05) is 33.8 Å². The van der Waals surface area contributed by atoms with Gasteiger partial charge in [0, 0.05) is 29.5 Å². The van der Waals surface area contributed by atoms with Crippen LogP contribution in [0.25, 0.3) is 22.8 Å². The Hall–Kier alpha value is -2.86. The number of benzene rings is 2. The van der Waals surface area contributed by atoms with E-state index in [-0.39, 0.29) is 6.10 Å². The number of nitrogens with zero attached hydrogens (tertiary/aromatic N) is 4. The van der Waals surface area contributed by atoms with E-state index in [4.69, 9.17) is 9.26 Å². The first-order valence-electron chi connectivity index (χ1n) is 12.2. The van der Waals surface area contributed by atoms with Crippen molar-refractivity contribution in [3.05, 3.63) is 53.1 Å². The molecule has 0 saturated heterocycles. The lowest BCUT2D eigenvalue weighted by molar-refractivity contribution is 0.241. The molecule has 0 bridgehead atoms. The molecule has 1 N–H and O–H groups in total. The van der Waals surface area contributed by atoms with Crippen molar-refractivity contribution in [2.45, 2.75) is 52.7 Å². The first-order valence-corrected chi connectivity index (χ1v) is 13.1. The van der Waals surface area contributed by atoms with Crippen molar-refractivity contribution < 1.29 is 9.26 Å². The highest BCUT2D eigenvalue weighted by Gasteiger charge is 2.26. The Bertz CT molecular complexity index is 1150. The molecule has 1 aliphatic rings. The highest BCUT2D eigenvalue weighted by molar-refractivity contribution is 7.97. The van der Waals surface area contributed by atoms with Gasteiger partial charge in [-0.3, -0.25) is 4.72 Å². The molecule has 1 aliphatic carbocycles. The molecule has 0 aliphatic heterocycles. The average molecular weight is 494 g/mol. The maximum absolute atomic E-state index is 9.51. The molecule has 0 unspecified atom stereocenters. The Morgan fingerprint density at radius 1 is 1.26 bits per heavy atom. The molecule has 186 valence electrons. The largest absolute Gasteiger partial charge is 0.490 e. The van der Waals surface area contributed by atoms with E-state index in [1.54, 1.807) is 24.1 Å². The van der Waals surface area contributed by atoms with E-state index in [1.165, 1.54) is 11.1 Å². The molecule has 0 fully saturated rings. The van der Waals surface area contributed by atoms with Gasteiger partial charge in [0.15, 0.2) is 0 Å². The summed E-state index contributed by atoms with van der Waals surface area (Å²) in [5.74, 6) is 2.56. The minimum atomic E-state index is -0.0113. The van der Waals surface area contributed by atoms with Gasteiger partial charge in [0.25, 0.3) is 5.89 Å². The molecule has 0 saturated carbocycles. The summed E-state index contributed by atoms with van der Waals surface area (Å²) in [4.78, 5) is 6.84. The van der Waals surface area contributed by atoms with Crippen molar-refractivity contribution in [3.8, 4) is 34.7 Å². The Labute approximate surface area is 213 Å². The van der Waals surface area contributed by atoms with Crippen LogP contribution in [0.15, 0.2) is 40.9 Å². The summed E-state index contributed by atoms with van der Waals surface area (Å²) in [5, 5.41) is 13.8. The number of rotatable bonds is 9. The second-order valence-electron chi connectivity index (χ2n) is 8.65. The van der Waals surface area contributed by atoms with E-state index in [0.29, 0.717) is 34.6 Å². The zero-order valence-corrected chi connectivity index (χ0v) is 22.3. The average Bonchev–Trinajstić information content (AvgIpc) is 3.50. The molecule has 2 aromatic carbocycles. The zero-order chi connectivity index (χ0) is 25.4. The molecule has 3 aromatic rings. The van der Waals surface area contributed by atoms with Gasteiger partial charge in [0.1, 0.15) is 11.8 Å². The van der Waals surface area contributed by atoms with Crippen molar-refractivity contribution in [2.24, 2.45) is 0 Å². The Morgan fingerprint density at radius 2 is 2.06 bits per heavy atom. The summed E-state index contributed by atoms with van der Waals surface area (Å²) in [6, 6.07) is 14.2. The minimum Gasteiger partial charge on any atom is -0.490 e. The molecule has 7 nitrogen and oxygen atoms in total. The smallest absolute Gasteiger partial charge is 0.258 e. The van der Waals surface area contributed by atoms with Crippen LogP contribution in [0.5, 0.6) is 5.75 Å². The lowest BCUT2D eigenvalue weighted by Crippen LogP contribution is -2.18. The molecule has 1 atom stereocenters. The lowest BCUT2D eigenvalue weighted by Gasteiger charge is -2.15. The lowest BCUT2D eigenvalue weighted by atomic mass is 10.0. The molecule has 0 spiro atoms. The highest BCUT2D eigenvalue weighted by Crippen LogP contribution is 2.38. The van der Waals surface area contributed by atoms with E-state index in [9.17, 15) is 5.26 Å². The number of hydrogen-bond acceptors (Lipinski definition) is 8. The van der Waals surface area contributed by atoms with Crippen molar-refractivity contribution in [1.29, 1.82) is 5.26 Å². The monoisotopic (exact) mass is 493 g/mol. The number of hydrogen-bond donors (Lipinski definition) is 1. The third kappa shape index (κ3) is 6.63. The van der Waals surface area contributed by atoms with Gasteiger partial charge in [-0.2, -0.15) is 10.2 Å². The zero-order valence-electron chi connectivity index (χ0n) is 21.5. The SMILES string of the molecule is CC.CC(C)Oc1ccc(-c2nc(-c3cccc4c3CC[C@@H]4NSCCN(C)C)no2)cc1C#N. The molecule has 0 radical (unpaired) electrons. The standard InChI is InChI=1S/C25H29N5O2S.C2H6/c1-16(2)31-23-11-8-17(14-18(23)15-26)25-27-24(28-32-25)21-7-5-6-20-19(21)9-10-22(20)29-33-13-12-30(3)4;1-2/h5-8,11,14,16,22,29H,9-10,12-13H2,1-4H3;1-2H3/t22-;/m0./s1. The highest BCUT2D eigenvalue weighted by atomic mass is 32.2. The van der Waals surface area contributed by atoms with Crippen LogP contribution in [0.2, 0.25) is 0 Å². The van der Waals surface area contributed by atoms with Gasteiger partial charge in [-0.1, -0.05) is 49.2 Å². The quantitative estimate of drug-likeness (QED) is 0.292. The van der Waals surface area contributed by atoms with Gasteiger partial charge in [-0.05, 0) is 70.1 Å². The molecular formula is C27H35N5O2S. The molecule has 1 aromatic heterocycles. The van der Waals surface area contributed by atoms with Crippen LogP contribution in [0, 0.1) is 11.3 Å². The fourth-order valence-electron chi connectivity index (χ4n) is 3.93. The second kappa shape index (κ2) is 12.7. The summed E-state index contributed by atoms with van der Waals surface area (Å²) in [6.07, 6.45) is 2.01. The van der Waals surface area contributed by atoms with Gasteiger partial charge in [0.2, 0.25) is 5.82 Å². The minimum absolute atomic E-state index is 0.0113. The molecule has 35 heavy (non-hydrogen) atoms. The van der Waals surface area contributed by atoms with E-state index < -0.39 is 0 Å². The molecular weight excluding hydrogens is 458 g/mol. The number of nitrogens with one attached hydrogen (secondary N) is 1. The Balaban J connectivity index is 0.00000167. The summed E-state index contributed by atoms with van der Waals surface area (Å²) in [5.41, 5.74) is 4.73. The second-order valence-corrected chi connectivity index (χ2v) is 9.58. The fourth-order valence-corrected chi connectivity index (χ4v) is 4.95. The van der Waals surface area contributed by atoms with Crippen molar-refractivity contribution >= 4 is 11.9 Å². The summed E-state index contributed by atoms with van der Waals surface area (Å²) < 4.78 is 14.9. The van der Waals surface area contributed by atoms with Crippen LogP contribution < -0.4 is 9.46 Å². The van der Waals surface area contributed by atoms with Crippen molar-refractivity contribution in [2.75, 3.05) is 26.4 Å². The van der Waals surface area contributed by atoms with Gasteiger partial charge in [-0.25, -0.2) is 0 Å². The van der Waals surface area contributed by atoms with Gasteiger partial charge in [0.05, 0.1) is 11.7 Å². The topological polar surface area (TPSA) is 87.2 Å². The molecule has 1 heterocycles. The molecule has 8 heteroatoms. The van der Waals surface area contributed by atoms with Crippen molar-refractivity contribution in [1.82, 2.24) is 19.8 Å². The normalized spacial score (nSPS) is 14.4. The van der Waals surface area contributed by atoms with Crippen LogP contribution in [-0.4, -0.2) is 47.5 Å². The number of aromatic nitrogens is 2. The third-order valence-corrected chi connectivity index (χ3v) is 6.35. The van der Waals surface area contributed by atoms with Crippen molar-refractivity contribution in [3.63, 3.8) is 0 Å². The maximum Gasteiger partial charge on any atom is 0.258 e. The number of nitriles is 1. The van der Waals surface area contributed by atoms with Gasteiger partial charge in [-0.15, -0.1) is 0 Å². The van der Waals surface area contributed by atoms with Crippen LogP contribution in [0.1, 0.15) is 56.8 Å². The summed E-state index contributed by atoms with van der Waals surface area (Å²) in [7, 11) is 4.18. The first-order chi connectivity index (χ1) is 17.0. The first kappa shape index (κ1) is 26.7. The van der Waals surface area contributed by atoms with Gasteiger partial charge >= 0.3 is 0 Å². The van der Waals surface area contributed by atoms with E-state index in [0.717, 1.165) is 30.7 Å². The van der Waals surface area contributed by atoms with Crippen LogP contribution >= 0.6 is 11.9 Å². The predicted octanol–water partition coefficient (Wildman–Crippen LogP) is 5.88. The summed E-state index contributed by atoms with van der Waals surface area (Å²) >= 11 is 1.78. The third-order valence-electron chi connectivity index (χ3n) is 5.51.